The first-order chi connectivity index (χ1) is 11.9. The van der Waals surface area contributed by atoms with Gasteiger partial charge in [0.05, 0.1) is 11.6 Å². The summed E-state index contributed by atoms with van der Waals surface area (Å²) >= 11 is 1.65. The minimum atomic E-state index is -1.27. The van der Waals surface area contributed by atoms with Gasteiger partial charge in [0, 0.05) is 13.0 Å². The normalized spacial score (nSPS) is 22.7. The van der Waals surface area contributed by atoms with Gasteiger partial charge in [0.1, 0.15) is 11.4 Å². The molecule has 1 unspecified atom stereocenters. The molecule has 0 bridgehead atoms. The highest BCUT2D eigenvalue weighted by Crippen LogP contribution is 2.30. The van der Waals surface area contributed by atoms with Gasteiger partial charge in [-0.25, -0.2) is 9.18 Å². The van der Waals surface area contributed by atoms with Gasteiger partial charge in [-0.15, -0.1) is 0 Å². The van der Waals surface area contributed by atoms with Crippen molar-refractivity contribution in [2.75, 3.05) is 23.0 Å². The van der Waals surface area contributed by atoms with Crippen LogP contribution in [0.5, 0.6) is 0 Å². The number of amides is 2. The summed E-state index contributed by atoms with van der Waals surface area (Å²) in [7, 11) is 0. The van der Waals surface area contributed by atoms with E-state index >= 15 is 0 Å². The van der Waals surface area contributed by atoms with Gasteiger partial charge in [0.2, 0.25) is 11.8 Å². The van der Waals surface area contributed by atoms with E-state index in [0.717, 1.165) is 0 Å². The molecule has 1 aromatic carbocycles. The molecule has 0 saturated carbocycles. The predicted molar refractivity (Wildman–Crippen MR) is 91.9 cm³/mol. The summed E-state index contributed by atoms with van der Waals surface area (Å²) in [4.78, 5) is 37.7. The Morgan fingerprint density at radius 3 is 2.60 bits per heavy atom. The Hall–Kier alpha value is -2.09. The second-order valence-electron chi connectivity index (χ2n) is 6.35. The van der Waals surface area contributed by atoms with Crippen LogP contribution in [0.3, 0.4) is 0 Å². The van der Waals surface area contributed by atoms with Crippen LogP contribution in [0.15, 0.2) is 24.3 Å². The van der Waals surface area contributed by atoms with Gasteiger partial charge in [0.25, 0.3) is 0 Å². The number of nitrogens with zero attached hydrogens (tertiary/aromatic N) is 1. The van der Waals surface area contributed by atoms with E-state index in [2.05, 4.69) is 5.32 Å². The third kappa shape index (κ3) is 3.49. The van der Waals surface area contributed by atoms with Gasteiger partial charge >= 0.3 is 5.97 Å². The maximum atomic E-state index is 13.9. The van der Waals surface area contributed by atoms with Crippen LogP contribution >= 0.6 is 11.8 Å². The third-order valence-corrected chi connectivity index (χ3v) is 5.74. The van der Waals surface area contributed by atoms with E-state index in [-0.39, 0.29) is 24.6 Å². The van der Waals surface area contributed by atoms with Crippen LogP contribution in [0, 0.1) is 11.7 Å². The Morgan fingerprint density at radius 1 is 1.28 bits per heavy atom. The molecule has 8 heteroatoms. The number of para-hydroxylation sites is 1. The summed E-state index contributed by atoms with van der Waals surface area (Å²) in [5, 5.41) is 12.2. The van der Waals surface area contributed by atoms with Crippen molar-refractivity contribution in [1.82, 2.24) is 5.32 Å². The zero-order valence-electron chi connectivity index (χ0n) is 13.5. The van der Waals surface area contributed by atoms with E-state index in [0.29, 0.717) is 24.3 Å². The lowest BCUT2D eigenvalue weighted by Crippen LogP contribution is -2.58. The number of hydrogen-bond donors (Lipinski definition) is 2. The Kier molecular flexibility index (Phi) is 4.99. The third-order valence-electron chi connectivity index (χ3n) is 4.76. The number of carboxylic acid groups (broad SMARTS) is 1. The van der Waals surface area contributed by atoms with Crippen LogP contribution in [0.2, 0.25) is 0 Å². The minimum absolute atomic E-state index is 0.0510. The second-order valence-corrected chi connectivity index (χ2v) is 7.57. The van der Waals surface area contributed by atoms with Crippen molar-refractivity contribution in [1.29, 1.82) is 0 Å². The van der Waals surface area contributed by atoms with Gasteiger partial charge in [-0.2, -0.15) is 11.8 Å². The number of hydrogen-bond acceptors (Lipinski definition) is 4. The lowest BCUT2D eigenvalue weighted by atomic mass is 9.91. The summed E-state index contributed by atoms with van der Waals surface area (Å²) < 4.78 is 13.9. The Labute approximate surface area is 148 Å². The van der Waals surface area contributed by atoms with Crippen molar-refractivity contribution < 1.29 is 23.9 Å². The molecule has 2 fully saturated rings. The van der Waals surface area contributed by atoms with Crippen LogP contribution in [0.1, 0.15) is 19.3 Å². The molecule has 2 aliphatic rings. The fourth-order valence-electron chi connectivity index (χ4n) is 3.24. The lowest BCUT2D eigenvalue weighted by Gasteiger charge is -2.34. The molecule has 3 rings (SSSR count). The van der Waals surface area contributed by atoms with Crippen molar-refractivity contribution in [2.45, 2.75) is 24.8 Å². The lowest BCUT2D eigenvalue weighted by molar-refractivity contribution is -0.148. The van der Waals surface area contributed by atoms with Crippen LogP contribution in [-0.2, 0) is 14.4 Å². The molecule has 0 spiro atoms. The number of aliphatic carboxylic acids is 1. The molecule has 2 heterocycles. The quantitative estimate of drug-likeness (QED) is 0.846. The average molecular weight is 366 g/mol. The minimum Gasteiger partial charge on any atom is -0.480 e. The standard InChI is InChI=1S/C17H19FN2O4S/c18-12-3-1-2-4-13(12)20-10-11(9-14(20)21)15(22)19-17(16(23)24)5-7-25-8-6-17/h1-4,11H,5-10H2,(H,19,22)(H,23,24). The number of carboxylic acids is 1. The molecule has 0 radical (unpaired) electrons. The summed E-state index contributed by atoms with van der Waals surface area (Å²) in [6, 6.07) is 5.90. The molecule has 1 aromatic rings. The molecule has 134 valence electrons. The molecule has 6 nitrogen and oxygen atoms in total. The number of thioether (sulfide) groups is 1. The first-order valence-electron chi connectivity index (χ1n) is 8.11. The largest absolute Gasteiger partial charge is 0.480 e. The van der Waals surface area contributed by atoms with Crippen LogP contribution in [-0.4, -0.2) is 46.5 Å². The van der Waals surface area contributed by atoms with E-state index < -0.39 is 29.2 Å². The van der Waals surface area contributed by atoms with E-state index in [9.17, 15) is 23.9 Å². The van der Waals surface area contributed by atoms with Crippen molar-refractivity contribution in [3.05, 3.63) is 30.1 Å². The average Bonchev–Trinajstić information content (AvgIpc) is 2.98. The highest BCUT2D eigenvalue weighted by atomic mass is 32.2. The van der Waals surface area contributed by atoms with Crippen LogP contribution < -0.4 is 10.2 Å². The van der Waals surface area contributed by atoms with Crippen LogP contribution in [0.25, 0.3) is 0 Å². The Balaban J connectivity index is 1.72. The van der Waals surface area contributed by atoms with Gasteiger partial charge in [-0.1, -0.05) is 12.1 Å². The Bertz CT molecular complexity index is 706. The number of carbonyl (C=O) groups excluding carboxylic acids is 2. The molecule has 2 aliphatic heterocycles. The molecule has 0 aromatic heterocycles. The Morgan fingerprint density at radius 2 is 1.96 bits per heavy atom. The van der Waals surface area contributed by atoms with Crippen molar-refractivity contribution >= 4 is 35.2 Å². The zero-order valence-corrected chi connectivity index (χ0v) is 14.4. The molecule has 1 atom stereocenters. The molecule has 2 saturated heterocycles. The summed E-state index contributed by atoms with van der Waals surface area (Å²) in [5.41, 5.74) is -1.12. The van der Waals surface area contributed by atoms with Crippen LogP contribution in [0.4, 0.5) is 10.1 Å². The summed E-state index contributed by atoms with van der Waals surface area (Å²) in [6.45, 7) is 0.0516. The fraction of sp³-hybridized carbons (Fsp3) is 0.471. The van der Waals surface area contributed by atoms with E-state index in [4.69, 9.17) is 0 Å². The summed E-state index contributed by atoms with van der Waals surface area (Å²) in [6.07, 6.45) is 0.664. The van der Waals surface area contributed by atoms with Gasteiger partial charge < -0.3 is 15.3 Å². The number of carbonyl (C=O) groups is 3. The van der Waals surface area contributed by atoms with E-state index in [1.807, 2.05) is 0 Å². The van der Waals surface area contributed by atoms with E-state index in [1.165, 1.54) is 23.1 Å². The molecular formula is C17H19FN2O4S. The molecular weight excluding hydrogens is 347 g/mol. The molecule has 0 aliphatic carbocycles. The molecule has 2 N–H and O–H groups in total. The first kappa shape index (κ1) is 17.7. The number of benzene rings is 1. The fourth-order valence-corrected chi connectivity index (χ4v) is 4.43. The predicted octanol–water partition coefficient (Wildman–Crippen LogP) is 1.65. The number of halogens is 1. The smallest absolute Gasteiger partial charge is 0.329 e. The zero-order chi connectivity index (χ0) is 18.0. The molecule has 25 heavy (non-hydrogen) atoms. The first-order valence-corrected chi connectivity index (χ1v) is 9.26. The number of anilines is 1. The topological polar surface area (TPSA) is 86.7 Å². The van der Waals surface area contributed by atoms with Gasteiger partial charge in [-0.3, -0.25) is 9.59 Å². The molecule has 2 amide bonds. The maximum Gasteiger partial charge on any atom is 0.329 e. The van der Waals surface area contributed by atoms with E-state index in [1.54, 1.807) is 17.8 Å². The SMILES string of the molecule is O=C(NC1(C(=O)O)CCSCC1)C1CC(=O)N(c2ccccc2F)C1. The monoisotopic (exact) mass is 366 g/mol. The van der Waals surface area contributed by atoms with Crippen molar-refractivity contribution in [3.63, 3.8) is 0 Å². The number of rotatable bonds is 4. The number of nitrogens with one attached hydrogen (secondary N) is 1. The highest BCUT2D eigenvalue weighted by Gasteiger charge is 2.44. The van der Waals surface area contributed by atoms with Gasteiger partial charge in [0.15, 0.2) is 0 Å². The summed E-state index contributed by atoms with van der Waals surface area (Å²) in [5.74, 6) is -1.72. The van der Waals surface area contributed by atoms with Crippen molar-refractivity contribution in [3.8, 4) is 0 Å². The second kappa shape index (κ2) is 7.03. The highest BCUT2D eigenvalue weighted by molar-refractivity contribution is 7.99. The van der Waals surface area contributed by atoms with Gasteiger partial charge in [-0.05, 0) is 36.5 Å². The maximum absolute atomic E-state index is 13.9. The van der Waals surface area contributed by atoms with Crippen molar-refractivity contribution in [2.24, 2.45) is 5.92 Å².